The minimum atomic E-state index is -4.68. The zero-order valence-electron chi connectivity index (χ0n) is 21.1. The molecule has 220 valence electrons. The fraction of sp³-hybridized carbons (Fsp3) is 0.167. The third-order valence-corrected chi connectivity index (χ3v) is 9.39. The molecule has 3 aromatic heterocycles. The molecule has 42 heavy (non-hydrogen) atoms. The number of rotatable bonds is 9. The van der Waals surface area contributed by atoms with Crippen LogP contribution >= 0.6 is 11.3 Å². The van der Waals surface area contributed by atoms with E-state index in [0.29, 0.717) is 21.3 Å². The lowest BCUT2D eigenvalue weighted by atomic mass is 9.97. The van der Waals surface area contributed by atoms with Crippen LogP contribution in [0.25, 0.3) is 21.3 Å². The predicted molar refractivity (Wildman–Crippen MR) is 144 cm³/mol. The van der Waals surface area contributed by atoms with Gasteiger partial charge in [0.15, 0.2) is 9.84 Å². The Balaban J connectivity index is 1.71. The summed E-state index contributed by atoms with van der Waals surface area (Å²) in [6.45, 7) is -0.305. The summed E-state index contributed by atoms with van der Waals surface area (Å²) in [4.78, 5) is 10.2. The molecule has 0 bridgehead atoms. The second-order valence-electron chi connectivity index (χ2n) is 8.81. The number of hydrogen-bond acceptors (Lipinski definition) is 10. The van der Waals surface area contributed by atoms with E-state index in [1.165, 1.54) is 18.3 Å². The fourth-order valence-corrected chi connectivity index (χ4v) is 7.41. The highest BCUT2D eigenvalue weighted by atomic mass is 32.2. The van der Waals surface area contributed by atoms with Gasteiger partial charge < -0.3 is 4.42 Å². The molecular weight excluding hydrogens is 624 g/mol. The van der Waals surface area contributed by atoms with E-state index < -0.39 is 49.4 Å². The van der Waals surface area contributed by atoms with Crippen LogP contribution in [0.1, 0.15) is 27.9 Å². The van der Waals surface area contributed by atoms with E-state index >= 15 is 0 Å². The summed E-state index contributed by atoms with van der Waals surface area (Å²) < 4.78 is 104. The van der Waals surface area contributed by atoms with Crippen LogP contribution in [-0.4, -0.2) is 43.6 Å². The number of nitrogens with one attached hydrogen (secondary N) is 2. The number of hydrazine groups is 1. The Kier molecular flexibility index (Phi) is 7.94. The van der Waals surface area contributed by atoms with E-state index in [-0.39, 0.29) is 23.0 Å². The van der Waals surface area contributed by atoms with E-state index in [4.69, 9.17) is 8.97 Å². The molecule has 0 saturated carbocycles. The van der Waals surface area contributed by atoms with Crippen LogP contribution in [0.3, 0.4) is 0 Å². The molecule has 0 spiro atoms. The van der Waals surface area contributed by atoms with Crippen molar-refractivity contribution in [2.75, 3.05) is 6.26 Å². The number of thiazole rings is 1. The lowest BCUT2D eigenvalue weighted by Crippen LogP contribution is -2.38. The Hall–Kier alpha value is -3.68. The van der Waals surface area contributed by atoms with E-state index in [1.807, 2.05) is 4.83 Å². The summed E-state index contributed by atoms with van der Waals surface area (Å²) in [7, 11) is -4.38. The highest BCUT2D eigenvalue weighted by Crippen LogP contribution is 2.46. The summed E-state index contributed by atoms with van der Waals surface area (Å²) >= 11 is -1.49. The zero-order valence-corrected chi connectivity index (χ0v) is 23.5. The number of sulfone groups is 1. The molecule has 18 heteroatoms. The van der Waals surface area contributed by atoms with Crippen LogP contribution in [0.5, 0.6) is 0 Å². The van der Waals surface area contributed by atoms with Crippen molar-refractivity contribution in [1.82, 2.24) is 30.4 Å². The van der Waals surface area contributed by atoms with E-state index in [2.05, 4.69) is 25.6 Å². The maximum absolute atomic E-state index is 13.7. The van der Waals surface area contributed by atoms with Crippen LogP contribution in [-0.2, 0) is 38.6 Å². The van der Waals surface area contributed by atoms with Crippen molar-refractivity contribution in [1.29, 1.82) is 0 Å². The summed E-state index contributed by atoms with van der Waals surface area (Å²) in [6.07, 6.45) is -2.49. The summed E-state index contributed by atoms with van der Waals surface area (Å²) in [6, 6.07) is 11.2. The van der Waals surface area contributed by atoms with Gasteiger partial charge in [0.1, 0.15) is 5.01 Å². The van der Waals surface area contributed by atoms with E-state index in [0.717, 1.165) is 41.9 Å². The van der Waals surface area contributed by atoms with Gasteiger partial charge in [-0.25, -0.2) is 28.0 Å². The monoisotopic (exact) mass is 642 g/mol. The molecule has 0 aliphatic carbocycles. The lowest BCUT2D eigenvalue weighted by molar-refractivity contribution is -0.137. The smallest absolute Gasteiger partial charge is 0.416 e. The predicted octanol–water partition coefficient (Wildman–Crippen LogP) is 3.97. The minimum absolute atomic E-state index is 0.0908. The normalized spacial score (nSPS) is 14.6. The van der Waals surface area contributed by atoms with Crippen molar-refractivity contribution in [3.8, 4) is 11.1 Å². The van der Waals surface area contributed by atoms with Crippen molar-refractivity contribution in [2.24, 2.45) is 0 Å². The molecule has 0 amide bonds. The van der Waals surface area contributed by atoms with Gasteiger partial charge in [-0.05, 0) is 47.5 Å². The Labute approximate surface area is 241 Å². The number of aromatic nitrogens is 4. The quantitative estimate of drug-likeness (QED) is 0.0929. The van der Waals surface area contributed by atoms with Crippen LogP contribution in [0.2, 0.25) is 0 Å². The molecule has 2 unspecified atom stereocenters. The Morgan fingerprint density at radius 2 is 1.71 bits per heavy atom. The number of fused-ring (bicyclic) bond motifs is 1. The topological polar surface area (TPSA) is 160 Å². The molecule has 5 rings (SSSR count). The molecule has 0 aliphatic rings. The largest absolute Gasteiger partial charge is 0.421 e. The number of nitrogens with zero attached hydrogens (tertiary/aromatic N) is 4. The van der Waals surface area contributed by atoms with Crippen LogP contribution in [0, 0.1) is 5.95 Å². The van der Waals surface area contributed by atoms with Crippen molar-refractivity contribution >= 4 is 42.7 Å². The van der Waals surface area contributed by atoms with Gasteiger partial charge in [-0.1, -0.05) is 18.2 Å². The first-order valence-electron chi connectivity index (χ1n) is 11.6. The first kappa shape index (κ1) is 29.8. The highest BCUT2D eigenvalue weighted by molar-refractivity contribution is 7.92. The molecule has 3 N–H and O–H groups in total. The third kappa shape index (κ3) is 5.68. The fourth-order valence-electron chi connectivity index (χ4n) is 4.21. The van der Waals surface area contributed by atoms with E-state index in [9.17, 15) is 30.2 Å². The molecule has 3 heterocycles. The van der Waals surface area contributed by atoms with Gasteiger partial charge in [-0.2, -0.15) is 22.4 Å². The van der Waals surface area contributed by atoms with Gasteiger partial charge >= 0.3 is 6.18 Å². The maximum Gasteiger partial charge on any atom is 0.416 e. The van der Waals surface area contributed by atoms with Crippen molar-refractivity contribution in [2.45, 2.75) is 17.5 Å². The summed E-state index contributed by atoms with van der Waals surface area (Å²) in [5, 5.41) is 7.64. The van der Waals surface area contributed by atoms with Gasteiger partial charge in [0.25, 0.3) is 0 Å². The molecule has 0 aliphatic heterocycles. The molecule has 0 radical (unpaired) electrons. The second-order valence-corrected chi connectivity index (χ2v) is 12.7. The summed E-state index contributed by atoms with van der Waals surface area (Å²) in [5.74, 6) is -1.37. The number of halogens is 4. The van der Waals surface area contributed by atoms with Crippen LogP contribution < -0.4 is 10.3 Å². The van der Waals surface area contributed by atoms with Crippen molar-refractivity contribution < 1.29 is 39.2 Å². The molecule has 11 nitrogen and oxygen atoms in total. The number of benzene rings is 2. The van der Waals surface area contributed by atoms with Gasteiger partial charge in [-0.3, -0.25) is 4.55 Å². The molecule has 0 fully saturated rings. The molecule has 0 saturated heterocycles. The average molecular weight is 643 g/mol. The molecular formula is C24H18F4N6O5S3. The lowest BCUT2D eigenvalue weighted by Gasteiger charge is -2.27. The third-order valence-electron chi connectivity index (χ3n) is 6.09. The minimum Gasteiger partial charge on any atom is -0.421 e. The van der Waals surface area contributed by atoms with Gasteiger partial charge in [0.05, 0.1) is 22.3 Å². The summed E-state index contributed by atoms with van der Waals surface area (Å²) in [5.41, 5.74) is 2.77. The average Bonchev–Trinajstić information content (AvgIpc) is 3.55. The number of pyridine rings is 1. The molecule has 2 aromatic carbocycles. The zero-order chi connectivity index (χ0) is 30.3. The molecule has 2 atom stereocenters. The Morgan fingerprint density at radius 1 is 1.02 bits per heavy atom. The second kappa shape index (κ2) is 11.2. The van der Waals surface area contributed by atoms with Crippen molar-refractivity contribution in [3.05, 3.63) is 94.7 Å². The van der Waals surface area contributed by atoms with Crippen LogP contribution in [0.15, 0.2) is 65.2 Å². The van der Waals surface area contributed by atoms with Gasteiger partial charge in [0.2, 0.25) is 33.7 Å². The first-order chi connectivity index (χ1) is 19.8. The SMILES string of the molecule is CS(=O)(=O)C(c1ccc(C(F)(F)F)cc1)(c1nnc(CNNS(=O)O)o1)c1nc2ccc(-c3ccc(F)nc3)cc2s1. The number of hydrogen-bond donors (Lipinski definition) is 3. The van der Waals surface area contributed by atoms with Gasteiger partial charge in [0, 0.05) is 18.0 Å². The molecule has 5 aromatic rings. The Bertz CT molecular complexity index is 1880. The first-order valence-corrected chi connectivity index (χ1v) is 15.4. The Morgan fingerprint density at radius 3 is 2.33 bits per heavy atom. The number of alkyl halides is 3. The standard InChI is InChI=1S/C24H18F4N6O5S3/c1-42(37,38)23(15-4-6-16(7-5-15)24(26,27)28,21-33-32-20(39-21)12-30-34-41(35)36)22-31-17-8-2-13(10-18(17)40-22)14-3-9-19(25)29-11-14/h2-11,30,34H,12H2,1H3,(H,35,36). The van der Waals surface area contributed by atoms with E-state index in [1.54, 1.807) is 18.2 Å². The maximum atomic E-state index is 13.7. The van der Waals surface area contributed by atoms with Crippen molar-refractivity contribution in [3.63, 3.8) is 0 Å². The van der Waals surface area contributed by atoms with Gasteiger partial charge in [-0.15, -0.1) is 21.5 Å². The highest BCUT2D eigenvalue weighted by Gasteiger charge is 2.54. The van der Waals surface area contributed by atoms with Crippen LogP contribution in [0.4, 0.5) is 17.6 Å².